The first-order valence-corrected chi connectivity index (χ1v) is 16.9. The van der Waals surface area contributed by atoms with Gasteiger partial charge in [-0.05, 0) is 53.9 Å². The summed E-state index contributed by atoms with van der Waals surface area (Å²) in [6.45, 7) is 0. The van der Waals surface area contributed by atoms with E-state index in [1.807, 2.05) is 36.4 Å². The Morgan fingerprint density at radius 2 is 0.820 bits per heavy atom. The molecule has 11 rings (SSSR count). The highest BCUT2D eigenvalue weighted by molar-refractivity contribution is 6.31. The Labute approximate surface area is 286 Å². The second-order valence-corrected chi connectivity index (χ2v) is 12.9. The van der Waals surface area contributed by atoms with E-state index in [1.165, 1.54) is 54.5 Å². The molecule has 0 N–H and O–H groups in total. The summed E-state index contributed by atoms with van der Waals surface area (Å²) in [5, 5.41) is 7.22. The number of fused-ring (bicyclic) bond motifs is 5. The van der Waals surface area contributed by atoms with Crippen LogP contribution in [0.1, 0.15) is 0 Å². The average Bonchev–Trinajstić information content (AvgIpc) is 3.67. The third kappa shape index (κ3) is 3.80. The van der Waals surface area contributed by atoms with Crippen molar-refractivity contribution in [2.24, 2.45) is 0 Å². The summed E-state index contributed by atoms with van der Waals surface area (Å²) in [4.78, 5) is 15.3. The molecule has 0 amide bonds. The second-order valence-electron chi connectivity index (χ2n) is 12.9. The van der Waals surface area contributed by atoms with Crippen molar-refractivity contribution in [3.05, 3.63) is 164 Å². The number of aromatic nitrogens is 5. The Kier molecular flexibility index (Phi) is 5.60. The van der Waals surface area contributed by atoms with E-state index in [2.05, 4.69) is 136 Å². The van der Waals surface area contributed by atoms with Gasteiger partial charge in [0.15, 0.2) is 17.5 Å². The predicted octanol–water partition coefficient (Wildman–Crippen LogP) is 11.1. The molecule has 0 aliphatic heterocycles. The van der Waals surface area contributed by atoms with Crippen molar-refractivity contribution in [1.29, 1.82) is 0 Å². The lowest BCUT2D eigenvalue weighted by molar-refractivity contribution is 1.07. The van der Waals surface area contributed by atoms with Crippen LogP contribution >= 0.6 is 0 Å². The van der Waals surface area contributed by atoms with Gasteiger partial charge >= 0.3 is 0 Å². The lowest BCUT2D eigenvalue weighted by Crippen LogP contribution is -2.00. The standard InChI is InChI=1S/C45H27N5/c1-4-14-28(15-5-1)43-46-44(29-16-6-2-7-17-29)48-45(47-43)30-26-34-32-20-10-11-22-36(32)50-39-25-13-24-38-41(39)40-33(35(27-30)42(34)50)21-12-23-37(40)49(38)31-18-8-3-9-19-31/h1-27H. The van der Waals surface area contributed by atoms with Gasteiger partial charge in [0.2, 0.25) is 0 Å². The van der Waals surface area contributed by atoms with Crippen molar-refractivity contribution >= 4 is 59.9 Å². The fourth-order valence-electron chi connectivity index (χ4n) is 7.98. The molecule has 0 aliphatic carbocycles. The van der Waals surface area contributed by atoms with Gasteiger partial charge in [0.25, 0.3) is 0 Å². The van der Waals surface area contributed by atoms with Crippen LogP contribution in [0.25, 0.3) is 99.8 Å². The Balaban J connectivity index is 1.32. The number of hydrogen-bond acceptors (Lipinski definition) is 3. The van der Waals surface area contributed by atoms with Gasteiger partial charge in [-0.2, -0.15) is 0 Å². The molecule has 0 fully saturated rings. The van der Waals surface area contributed by atoms with Crippen molar-refractivity contribution < 1.29 is 0 Å². The van der Waals surface area contributed by atoms with Crippen molar-refractivity contribution in [1.82, 2.24) is 23.9 Å². The highest BCUT2D eigenvalue weighted by Gasteiger charge is 2.23. The van der Waals surface area contributed by atoms with Crippen molar-refractivity contribution in [2.45, 2.75) is 0 Å². The van der Waals surface area contributed by atoms with E-state index < -0.39 is 0 Å². The lowest BCUT2D eigenvalue weighted by atomic mass is 10.0. The van der Waals surface area contributed by atoms with Crippen LogP contribution in [0.3, 0.4) is 0 Å². The first-order chi connectivity index (χ1) is 24.8. The molecule has 5 nitrogen and oxygen atoms in total. The monoisotopic (exact) mass is 637 g/mol. The molecule has 0 unspecified atom stereocenters. The van der Waals surface area contributed by atoms with Crippen molar-refractivity contribution in [3.63, 3.8) is 0 Å². The van der Waals surface area contributed by atoms with Crippen LogP contribution in [-0.4, -0.2) is 23.9 Å². The highest BCUT2D eigenvalue weighted by Crippen LogP contribution is 2.45. The van der Waals surface area contributed by atoms with Gasteiger partial charge in [0.05, 0.1) is 27.6 Å². The van der Waals surface area contributed by atoms with Gasteiger partial charge in [-0.15, -0.1) is 0 Å². The number of rotatable bonds is 4. The maximum Gasteiger partial charge on any atom is 0.164 e. The molecule has 0 saturated heterocycles. The van der Waals surface area contributed by atoms with Crippen molar-refractivity contribution in [2.75, 3.05) is 0 Å². The number of para-hydroxylation sites is 2. The highest BCUT2D eigenvalue weighted by atomic mass is 15.0. The summed E-state index contributed by atoms with van der Waals surface area (Å²) >= 11 is 0. The molecule has 0 aliphatic rings. The van der Waals surface area contributed by atoms with Gasteiger partial charge in [0.1, 0.15) is 0 Å². The van der Waals surface area contributed by atoms with E-state index in [1.54, 1.807) is 0 Å². The Morgan fingerprint density at radius 1 is 0.340 bits per heavy atom. The van der Waals surface area contributed by atoms with Crippen LogP contribution in [0.2, 0.25) is 0 Å². The van der Waals surface area contributed by atoms with Crippen LogP contribution in [-0.2, 0) is 0 Å². The zero-order chi connectivity index (χ0) is 32.8. The Morgan fingerprint density at radius 3 is 1.50 bits per heavy atom. The third-order valence-electron chi connectivity index (χ3n) is 10.1. The van der Waals surface area contributed by atoms with Gasteiger partial charge in [0, 0.05) is 49.3 Å². The van der Waals surface area contributed by atoms with Crippen molar-refractivity contribution in [3.8, 4) is 39.9 Å². The molecule has 0 atom stereocenters. The molecule has 232 valence electrons. The maximum absolute atomic E-state index is 5.15. The molecule has 0 radical (unpaired) electrons. The summed E-state index contributed by atoms with van der Waals surface area (Å²) in [6.07, 6.45) is 0. The molecule has 11 aromatic rings. The SMILES string of the molecule is c1ccc(-c2nc(-c3ccccc3)nc(-c3cc4c5cccc6c5c5c(cccc5n5c7ccccc7c(c3)c45)n6-c3ccccc3)n2)cc1. The van der Waals surface area contributed by atoms with Crippen LogP contribution in [0.5, 0.6) is 0 Å². The predicted molar refractivity (Wildman–Crippen MR) is 205 cm³/mol. The minimum absolute atomic E-state index is 0.647. The molecule has 4 heterocycles. The van der Waals surface area contributed by atoms with Gasteiger partial charge in [-0.25, -0.2) is 15.0 Å². The number of hydrogen-bond donors (Lipinski definition) is 0. The Hall–Kier alpha value is -6.85. The summed E-state index contributed by atoms with van der Waals surface area (Å²) in [7, 11) is 0. The van der Waals surface area contributed by atoms with E-state index in [9.17, 15) is 0 Å². The molecule has 0 saturated carbocycles. The van der Waals surface area contributed by atoms with E-state index in [0.717, 1.165) is 27.8 Å². The summed E-state index contributed by atoms with van der Waals surface area (Å²) < 4.78 is 4.87. The summed E-state index contributed by atoms with van der Waals surface area (Å²) in [5.41, 5.74) is 9.92. The maximum atomic E-state index is 5.15. The molecule has 7 aromatic carbocycles. The van der Waals surface area contributed by atoms with Gasteiger partial charge in [-0.3, -0.25) is 0 Å². The molecule has 0 spiro atoms. The van der Waals surface area contributed by atoms with Crippen LogP contribution < -0.4 is 0 Å². The zero-order valence-electron chi connectivity index (χ0n) is 26.8. The topological polar surface area (TPSA) is 48.0 Å². The zero-order valence-corrected chi connectivity index (χ0v) is 26.8. The number of nitrogens with zero attached hydrogens (tertiary/aromatic N) is 5. The first kappa shape index (κ1) is 27.1. The molecular formula is C45H27N5. The quantitative estimate of drug-likeness (QED) is 0.193. The fourth-order valence-corrected chi connectivity index (χ4v) is 7.98. The second kappa shape index (κ2) is 10.3. The third-order valence-corrected chi connectivity index (χ3v) is 10.1. The minimum Gasteiger partial charge on any atom is -0.309 e. The molecule has 0 bridgehead atoms. The van der Waals surface area contributed by atoms with Crippen LogP contribution in [0.15, 0.2) is 164 Å². The number of benzene rings is 7. The van der Waals surface area contributed by atoms with E-state index in [-0.39, 0.29) is 0 Å². The van der Waals surface area contributed by atoms with E-state index in [4.69, 9.17) is 15.0 Å². The average molecular weight is 638 g/mol. The summed E-state index contributed by atoms with van der Waals surface area (Å²) in [5.74, 6) is 1.95. The van der Waals surface area contributed by atoms with E-state index in [0.29, 0.717) is 17.5 Å². The Bertz CT molecular complexity index is 3010. The molecule has 50 heavy (non-hydrogen) atoms. The van der Waals surface area contributed by atoms with Gasteiger partial charge < -0.3 is 8.97 Å². The van der Waals surface area contributed by atoms with Crippen LogP contribution in [0.4, 0.5) is 0 Å². The minimum atomic E-state index is 0.647. The fraction of sp³-hybridized carbons (Fsp3) is 0. The summed E-state index contributed by atoms with van der Waals surface area (Å²) in [6, 6.07) is 57.8. The van der Waals surface area contributed by atoms with Crippen LogP contribution in [0, 0.1) is 0 Å². The van der Waals surface area contributed by atoms with Gasteiger partial charge in [-0.1, -0.05) is 115 Å². The first-order valence-electron chi connectivity index (χ1n) is 16.9. The smallest absolute Gasteiger partial charge is 0.164 e. The molecular weight excluding hydrogens is 611 g/mol. The normalized spacial score (nSPS) is 12.0. The van der Waals surface area contributed by atoms with E-state index >= 15 is 0 Å². The largest absolute Gasteiger partial charge is 0.309 e. The molecule has 4 aromatic heterocycles. The lowest BCUT2D eigenvalue weighted by Gasteiger charge is -2.10. The molecule has 5 heteroatoms.